The van der Waals surface area contributed by atoms with E-state index in [1.807, 2.05) is 18.2 Å². The van der Waals surface area contributed by atoms with Crippen molar-refractivity contribution in [2.24, 2.45) is 0 Å². The monoisotopic (exact) mass is 181 g/mol. The van der Waals surface area contributed by atoms with Crippen LogP contribution in [0.15, 0.2) is 48.5 Å². The number of hydrogen-bond acceptors (Lipinski definition) is 0. The number of benzene rings is 2. The van der Waals surface area contributed by atoms with Crippen molar-refractivity contribution in [3.63, 3.8) is 0 Å². The van der Waals surface area contributed by atoms with Gasteiger partial charge in [-0.05, 0) is 36.1 Å². The van der Waals surface area contributed by atoms with Crippen molar-refractivity contribution in [2.45, 2.75) is 13.3 Å². The minimum absolute atomic E-state index is 1.00. The molecule has 2 aromatic rings. The first kappa shape index (κ1) is 9.01. The Morgan fingerprint density at radius 1 is 1.00 bits per heavy atom. The molecule has 0 unspecified atom stereocenters. The number of hydrogen-bond donors (Lipinski definition) is 0. The Labute approximate surface area is 85.2 Å². The van der Waals surface area contributed by atoms with Gasteiger partial charge in [0.1, 0.15) is 0 Å². The summed E-state index contributed by atoms with van der Waals surface area (Å²) in [4.78, 5) is 0. The second-order valence-corrected chi connectivity index (χ2v) is 3.48. The molecule has 0 amide bonds. The van der Waals surface area contributed by atoms with Gasteiger partial charge in [-0.15, -0.1) is 0 Å². The van der Waals surface area contributed by atoms with Crippen LogP contribution in [-0.4, -0.2) is 0 Å². The van der Waals surface area contributed by atoms with E-state index in [2.05, 4.69) is 43.3 Å². The molecule has 69 valence electrons. The molecule has 2 rings (SSSR count). The van der Waals surface area contributed by atoms with E-state index in [4.69, 9.17) is 0 Å². The maximum Gasteiger partial charge on any atom is -0.00229 e. The first-order chi connectivity index (χ1) is 6.86. The third kappa shape index (κ3) is 2.02. The third-order valence-electron chi connectivity index (χ3n) is 2.41. The molecule has 0 saturated carbocycles. The second kappa shape index (κ2) is 4.10. The van der Waals surface area contributed by atoms with Gasteiger partial charge in [-0.3, -0.25) is 0 Å². The smallest absolute Gasteiger partial charge is 0.00229 e. The average molecular weight is 181 g/mol. The fourth-order valence-electron chi connectivity index (χ4n) is 1.56. The zero-order chi connectivity index (χ0) is 9.80. The molecule has 14 heavy (non-hydrogen) atoms. The predicted molar refractivity (Wildman–Crippen MR) is 59.3 cm³/mol. The van der Waals surface area contributed by atoms with Crippen LogP contribution in [0.3, 0.4) is 0 Å². The van der Waals surface area contributed by atoms with Crippen molar-refractivity contribution in [1.82, 2.24) is 0 Å². The van der Waals surface area contributed by atoms with Gasteiger partial charge in [-0.25, -0.2) is 0 Å². The van der Waals surface area contributed by atoms with E-state index in [1.165, 1.54) is 16.7 Å². The van der Waals surface area contributed by atoms with Gasteiger partial charge in [-0.1, -0.05) is 48.5 Å². The van der Waals surface area contributed by atoms with Crippen LogP contribution in [-0.2, 0) is 6.42 Å². The highest BCUT2D eigenvalue weighted by Gasteiger charge is 1.97. The zero-order valence-electron chi connectivity index (χ0n) is 8.33. The molecular weight excluding hydrogens is 168 g/mol. The summed E-state index contributed by atoms with van der Waals surface area (Å²) in [5.74, 6) is 0. The summed E-state index contributed by atoms with van der Waals surface area (Å²) in [6.07, 6.45) is 1.00. The van der Waals surface area contributed by atoms with Crippen LogP contribution in [0.5, 0.6) is 0 Å². The SMILES string of the molecule is Cc1[c]cccc1Cc1ccccc1. The first-order valence-corrected chi connectivity index (χ1v) is 4.86. The van der Waals surface area contributed by atoms with Crippen molar-refractivity contribution in [3.05, 3.63) is 71.3 Å². The molecule has 0 heterocycles. The zero-order valence-corrected chi connectivity index (χ0v) is 8.33. The molecule has 0 bridgehead atoms. The third-order valence-corrected chi connectivity index (χ3v) is 2.41. The summed E-state index contributed by atoms with van der Waals surface area (Å²) in [5.41, 5.74) is 3.96. The van der Waals surface area contributed by atoms with Gasteiger partial charge in [0.2, 0.25) is 0 Å². The molecule has 1 radical (unpaired) electrons. The molecule has 0 aliphatic carbocycles. The summed E-state index contributed by atoms with van der Waals surface area (Å²) < 4.78 is 0. The van der Waals surface area contributed by atoms with E-state index in [9.17, 15) is 0 Å². The topological polar surface area (TPSA) is 0 Å². The lowest BCUT2D eigenvalue weighted by Gasteiger charge is -2.04. The van der Waals surface area contributed by atoms with Crippen LogP contribution in [0, 0.1) is 13.0 Å². The lowest BCUT2D eigenvalue weighted by molar-refractivity contribution is 1.15. The molecule has 0 heteroatoms. The Kier molecular flexibility index (Phi) is 2.64. The van der Waals surface area contributed by atoms with Crippen LogP contribution in [0.25, 0.3) is 0 Å². The Balaban J connectivity index is 2.24. The van der Waals surface area contributed by atoms with Gasteiger partial charge < -0.3 is 0 Å². The molecular formula is C14H13. The summed E-state index contributed by atoms with van der Waals surface area (Å²) >= 11 is 0. The molecule has 0 N–H and O–H groups in total. The quantitative estimate of drug-likeness (QED) is 0.666. The minimum Gasteiger partial charge on any atom is -0.0622 e. The Morgan fingerprint density at radius 2 is 1.79 bits per heavy atom. The summed E-state index contributed by atoms with van der Waals surface area (Å²) in [5, 5.41) is 0. The highest BCUT2D eigenvalue weighted by Crippen LogP contribution is 2.12. The molecule has 0 aromatic heterocycles. The Morgan fingerprint density at radius 3 is 2.50 bits per heavy atom. The molecule has 0 fully saturated rings. The van der Waals surface area contributed by atoms with Crippen molar-refractivity contribution in [1.29, 1.82) is 0 Å². The maximum atomic E-state index is 3.22. The summed E-state index contributed by atoms with van der Waals surface area (Å²) in [6, 6.07) is 19.9. The van der Waals surface area contributed by atoms with Gasteiger partial charge in [0, 0.05) is 0 Å². The van der Waals surface area contributed by atoms with Crippen molar-refractivity contribution >= 4 is 0 Å². The highest BCUT2D eigenvalue weighted by molar-refractivity contribution is 5.30. The van der Waals surface area contributed by atoms with Gasteiger partial charge in [0.15, 0.2) is 0 Å². The molecule has 0 aliphatic heterocycles. The van der Waals surface area contributed by atoms with Crippen LogP contribution in [0.2, 0.25) is 0 Å². The number of rotatable bonds is 2. The Hall–Kier alpha value is -1.56. The van der Waals surface area contributed by atoms with Gasteiger partial charge in [-0.2, -0.15) is 0 Å². The van der Waals surface area contributed by atoms with Gasteiger partial charge in [0.05, 0.1) is 0 Å². The lowest BCUT2D eigenvalue weighted by atomic mass is 10.0. The highest BCUT2D eigenvalue weighted by atomic mass is 14.0. The van der Waals surface area contributed by atoms with Crippen molar-refractivity contribution in [2.75, 3.05) is 0 Å². The van der Waals surface area contributed by atoms with Crippen molar-refractivity contribution in [3.8, 4) is 0 Å². The Bertz CT molecular complexity index is 401. The predicted octanol–water partition coefficient (Wildman–Crippen LogP) is 3.39. The van der Waals surface area contributed by atoms with E-state index in [-0.39, 0.29) is 0 Å². The molecule has 0 aliphatic rings. The average Bonchev–Trinajstić information content (AvgIpc) is 2.23. The fourth-order valence-corrected chi connectivity index (χ4v) is 1.56. The first-order valence-electron chi connectivity index (χ1n) is 4.86. The van der Waals surface area contributed by atoms with Crippen LogP contribution in [0.1, 0.15) is 16.7 Å². The van der Waals surface area contributed by atoms with Crippen molar-refractivity contribution < 1.29 is 0 Å². The van der Waals surface area contributed by atoms with Gasteiger partial charge >= 0.3 is 0 Å². The fraction of sp³-hybridized carbons (Fsp3) is 0.143. The summed E-state index contributed by atoms with van der Waals surface area (Å²) in [6.45, 7) is 2.11. The molecule has 2 aromatic carbocycles. The van der Waals surface area contributed by atoms with E-state index < -0.39 is 0 Å². The summed E-state index contributed by atoms with van der Waals surface area (Å²) in [7, 11) is 0. The van der Waals surface area contributed by atoms with E-state index in [0.717, 1.165) is 6.42 Å². The van der Waals surface area contributed by atoms with Crippen LogP contribution < -0.4 is 0 Å². The minimum atomic E-state index is 1.00. The molecule has 0 spiro atoms. The van der Waals surface area contributed by atoms with E-state index in [1.54, 1.807) is 0 Å². The van der Waals surface area contributed by atoms with Gasteiger partial charge in [0.25, 0.3) is 0 Å². The lowest BCUT2D eigenvalue weighted by Crippen LogP contribution is -1.90. The van der Waals surface area contributed by atoms with E-state index >= 15 is 0 Å². The molecule has 0 nitrogen and oxygen atoms in total. The molecule has 0 saturated heterocycles. The second-order valence-electron chi connectivity index (χ2n) is 3.48. The normalized spacial score (nSPS) is 10.1. The standard InChI is InChI=1S/C14H13/c1-12-7-5-6-10-14(12)11-13-8-3-2-4-9-13/h2-6,8-10H,11H2,1H3. The van der Waals surface area contributed by atoms with Crippen LogP contribution >= 0.6 is 0 Å². The van der Waals surface area contributed by atoms with Crippen LogP contribution in [0.4, 0.5) is 0 Å². The maximum absolute atomic E-state index is 3.22. The largest absolute Gasteiger partial charge is 0.0622 e. The number of aryl methyl sites for hydroxylation is 1. The molecule has 0 atom stereocenters. The van der Waals surface area contributed by atoms with E-state index in [0.29, 0.717) is 0 Å².